The summed E-state index contributed by atoms with van der Waals surface area (Å²) in [5.41, 5.74) is 1.06. The first-order chi connectivity index (χ1) is 8.15. The summed E-state index contributed by atoms with van der Waals surface area (Å²) >= 11 is 0. The highest BCUT2D eigenvalue weighted by Crippen LogP contribution is 2.13. The third-order valence-electron chi connectivity index (χ3n) is 2.77. The van der Waals surface area contributed by atoms with Gasteiger partial charge in [0.25, 0.3) is 0 Å². The average Bonchev–Trinajstić information content (AvgIpc) is 2.30. The van der Waals surface area contributed by atoms with E-state index in [0.717, 1.165) is 11.8 Å². The van der Waals surface area contributed by atoms with Gasteiger partial charge in [0.05, 0.1) is 19.3 Å². The molecule has 0 saturated carbocycles. The Morgan fingerprint density at radius 2 is 1.94 bits per heavy atom. The van der Waals surface area contributed by atoms with Crippen LogP contribution in [0.15, 0.2) is 30.3 Å². The number of carbonyl (C=O) groups is 1. The first-order valence-corrected chi connectivity index (χ1v) is 5.90. The van der Waals surface area contributed by atoms with Gasteiger partial charge >= 0.3 is 0 Å². The van der Waals surface area contributed by atoms with Crippen molar-refractivity contribution in [2.45, 2.75) is 26.6 Å². The number of rotatable bonds is 7. The molecule has 1 aromatic rings. The standard InChI is InChI=1S/C14H20O3/c1-11(2)13(8-15)14(16)10-17-9-12-6-4-3-5-7-12/h3-8,11,13-14,16H,9-10H2,1-2H3/t13-,14-/m0/s1. The highest BCUT2D eigenvalue weighted by Gasteiger charge is 2.21. The summed E-state index contributed by atoms with van der Waals surface area (Å²) in [5.74, 6) is -0.228. The van der Waals surface area contributed by atoms with E-state index in [2.05, 4.69) is 0 Å². The van der Waals surface area contributed by atoms with Crippen LogP contribution >= 0.6 is 0 Å². The number of carbonyl (C=O) groups excluding carboxylic acids is 1. The molecule has 0 fully saturated rings. The van der Waals surface area contributed by atoms with E-state index in [9.17, 15) is 9.90 Å². The molecule has 0 aliphatic rings. The molecule has 0 spiro atoms. The van der Waals surface area contributed by atoms with Gasteiger partial charge in [-0.15, -0.1) is 0 Å². The van der Waals surface area contributed by atoms with Crippen LogP contribution in [0, 0.1) is 11.8 Å². The van der Waals surface area contributed by atoms with Crippen molar-refractivity contribution < 1.29 is 14.6 Å². The molecule has 0 heterocycles. The van der Waals surface area contributed by atoms with E-state index in [1.54, 1.807) is 0 Å². The molecule has 0 radical (unpaired) electrons. The van der Waals surface area contributed by atoms with Crippen LogP contribution in [0.1, 0.15) is 19.4 Å². The number of hydrogen-bond acceptors (Lipinski definition) is 3. The summed E-state index contributed by atoms with van der Waals surface area (Å²) in [6.07, 6.45) is 0.0810. The second-order valence-electron chi connectivity index (χ2n) is 4.53. The van der Waals surface area contributed by atoms with E-state index in [4.69, 9.17) is 4.74 Å². The molecule has 0 amide bonds. The maximum atomic E-state index is 10.8. The lowest BCUT2D eigenvalue weighted by molar-refractivity contribution is -0.118. The van der Waals surface area contributed by atoms with E-state index in [0.29, 0.717) is 6.61 Å². The van der Waals surface area contributed by atoms with Crippen molar-refractivity contribution in [1.29, 1.82) is 0 Å². The van der Waals surface area contributed by atoms with E-state index in [1.807, 2.05) is 44.2 Å². The lowest BCUT2D eigenvalue weighted by Gasteiger charge is -2.20. The Balaban J connectivity index is 2.33. The predicted octanol–water partition coefficient (Wildman–Crippen LogP) is 2.04. The van der Waals surface area contributed by atoms with Crippen LogP contribution in [0.4, 0.5) is 0 Å². The number of ether oxygens (including phenoxy) is 1. The summed E-state index contributed by atoms with van der Waals surface area (Å²) in [6.45, 7) is 4.48. The first kappa shape index (κ1) is 13.9. The molecular weight excluding hydrogens is 216 g/mol. The van der Waals surface area contributed by atoms with E-state index >= 15 is 0 Å². The van der Waals surface area contributed by atoms with Gasteiger partial charge in [-0.2, -0.15) is 0 Å². The zero-order chi connectivity index (χ0) is 12.7. The van der Waals surface area contributed by atoms with Crippen molar-refractivity contribution >= 4 is 6.29 Å². The normalized spacial score (nSPS) is 14.6. The molecule has 1 rings (SSSR count). The maximum absolute atomic E-state index is 10.8. The quantitative estimate of drug-likeness (QED) is 0.737. The van der Waals surface area contributed by atoms with Crippen LogP contribution in [0.3, 0.4) is 0 Å². The number of aldehydes is 1. The highest BCUT2D eigenvalue weighted by molar-refractivity contribution is 5.54. The molecule has 0 aliphatic heterocycles. The van der Waals surface area contributed by atoms with Crippen molar-refractivity contribution in [2.24, 2.45) is 11.8 Å². The van der Waals surface area contributed by atoms with Crippen molar-refractivity contribution in [3.8, 4) is 0 Å². The molecule has 1 N–H and O–H groups in total. The van der Waals surface area contributed by atoms with Crippen molar-refractivity contribution in [3.05, 3.63) is 35.9 Å². The van der Waals surface area contributed by atoms with Crippen molar-refractivity contribution in [2.75, 3.05) is 6.61 Å². The summed E-state index contributed by atoms with van der Waals surface area (Å²) in [4.78, 5) is 10.8. The maximum Gasteiger partial charge on any atom is 0.126 e. The van der Waals surface area contributed by atoms with E-state index in [-0.39, 0.29) is 18.4 Å². The minimum absolute atomic E-state index is 0.128. The SMILES string of the molecule is CC(C)[C@H](C=O)[C@@H](O)COCc1ccccc1. The van der Waals surface area contributed by atoms with Crippen LogP contribution in [0.25, 0.3) is 0 Å². The molecule has 2 atom stereocenters. The molecule has 1 aromatic carbocycles. The second-order valence-corrected chi connectivity index (χ2v) is 4.53. The Bertz CT molecular complexity index is 321. The molecule has 94 valence electrons. The molecule has 3 nitrogen and oxygen atoms in total. The van der Waals surface area contributed by atoms with Gasteiger partial charge in [0, 0.05) is 5.92 Å². The third kappa shape index (κ3) is 4.67. The Morgan fingerprint density at radius 1 is 1.29 bits per heavy atom. The smallest absolute Gasteiger partial charge is 0.126 e. The molecule has 0 aromatic heterocycles. The third-order valence-corrected chi connectivity index (χ3v) is 2.77. The molecule has 0 aliphatic carbocycles. The molecule has 17 heavy (non-hydrogen) atoms. The summed E-state index contributed by atoms with van der Waals surface area (Å²) in [5, 5.41) is 9.80. The fraction of sp³-hybridized carbons (Fsp3) is 0.500. The monoisotopic (exact) mass is 236 g/mol. The minimum atomic E-state index is -0.726. The highest BCUT2D eigenvalue weighted by atomic mass is 16.5. The topological polar surface area (TPSA) is 46.5 Å². The minimum Gasteiger partial charge on any atom is -0.390 e. The number of hydrogen-bond donors (Lipinski definition) is 1. The van der Waals surface area contributed by atoms with Crippen LogP contribution in [-0.2, 0) is 16.1 Å². The zero-order valence-corrected chi connectivity index (χ0v) is 10.4. The van der Waals surface area contributed by atoms with Gasteiger partial charge in [-0.3, -0.25) is 0 Å². The molecule has 0 bridgehead atoms. The van der Waals surface area contributed by atoms with Crippen LogP contribution in [0.5, 0.6) is 0 Å². The van der Waals surface area contributed by atoms with Gasteiger partial charge in [-0.25, -0.2) is 0 Å². The number of benzene rings is 1. The van der Waals surface area contributed by atoms with E-state index in [1.165, 1.54) is 0 Å². The largest absolute Gasteiger partial charge is 0.390 e. The predicted molar refractivity (Wildman–Crippen MR) is 66.5 cm³/mol. The number of aliphatic hydroxyl groups excluding tert-OH is 1. The Hall–Kier alpha value is -1.19. The Labute approximate surface area is 102 Å². The van der Waals surface area contributed by atoms with Crippen molar-refractivity contribution in [1.82, 2.24) is 0 Å². The fourth-order valence-electron chi connectivity index (χ4n) is 1.67. The summed E-state index contributed by atoms with van der Waals surface area (Å²) in [6, 6.07) is 9.76. The van der Waals surface area contributed by atoms with Crippen molar-refractivity contribution in [3.63, 3.8) is 0 Å². The van der Waals surface area contributed by atoms with E-state index < -0.39 is 6.10 Å². The zero-order valence-electron chi connectivity index (χ0n) is 10.4. The molecular formula is C14H20O3. The lowest BCUT2D eigenvalue weighted by atomic mass is 9.92. The van der Waals surface area contributed by atoms with Gasteiger partial charge in [-0.05, 0) is 11.5 Å². The van der Waals surface area contributed by atoms with Crippen LogP contribution < -0.4 is 0 Å². The fourth-order valence-corrected chi connectivity index (χ4v) is 1.67. The van der Waals surface area contributed by atoms with Gasteiger partial charge in [0.2, 0.25) is 0 Å². The lowest BCUT2D eigenvalue weighted by Crippen LogP contribution is -2.30. The second kappa shape index (κ2) is 7.20. The van der Waals surface area contributed by atoms with Gasteiger partial charge < -0.3 is 14.6 Å². The van der Waals surface area contributed by atoms with Crippen LogP contribution in [0.2, 0.25) is 0 Å². The first-order valence-electron chi connectivity index (χ1n) is 5.90. The number of aliphatic hydroxyl groups is 1. The van der Waals surface area contributed by atoms with Crippen LogP contribution in [-0.4, -0.2) is 24.1 Å². The molecule has 0 unspecified atom stereocenters. The summed E-state index contributed by atoms with van der Waals surface area (Å²) in [7, 11) is 0. The average molecular weight is 236 g/mol. The van der Waals surface area contributed by atoms with Gasteiger partial charge in [-0.1, -0.05) is 44.2 Å². The summed E-state index contributed by atoms with van der Waals surface area (Å²) < 4.78 is 5.41. The Morgan fingerprint density at radius 3 is 2.47 bits per heavy atom. The Kier molecular flexibility index (Phi) is 5.87. The molecule has 3 heteroatoms. The van der Waals surface area contributed by atoms with Gasteiger partial charge in [0.1, 0.15) is 6.29 Å². The van der Waals surface area contributed by atoms with Gasteiger partial charge in [0.15, 0.2) is 0 Å². The molecule has 0 saturated heterocycles.